The summed E-state index contributed by atoms with van der Waals surface area (Å²) >= 11 is 1.54. The molecule has 2 N–H and O–H groups in total. The highest BCUT2D eigenvalue weighted by atomic mass is 32.2. The van der Waals surface area contributed by atoms with Crippen LogP contribution in [0.3, 0.4) is 0 Å². The molecule has 2 aromatic rings. The molecule has 0 spiro atoms. The molecule has 2 aromatic heterocycles. The van der Waals surface area contributed by atoms with Crippen molar-refractivity contribution in [2.75, 3.05) is 5.73 Å². The lowest BCUT2D eigenvalue weighted by atomic mass is 10.4. The Balaban J connectivity index is 2.28. The van der Waals surface area contributed by atoms with Crippen molar-refractivity contribution in [3.8, 4) is 0 Å². The van der Waals surface area contributed by atoms with E-state index in [1.165, 1.54) is 11.8 Å². The van der Waals surface area contributed by atoms with Crippen molar-refractivity contribution in [1.29, 1.82) is 0 Å². The van der Waals surface area contributed by atoms with E-state index in [1.807, 2.05) is 19.9 Å². The second kappa shape index (κ2) is 4.57. The van der Waals surface area contributed by atoms with Gasteiger partial charge in [-0.15, -0.1) is 0 Å². The number of furan rings is 1. The van der Waals surface area contributed by atoms with E-state index in [4.69, 9.17) is 10.2 Å². The number of nitrogens with zero attached hydrogens (tertiary/aromatic N) is 2. The summed E-state index contributed by atoms with van der Waals surface area (Å²) in [6.45, 7) is 3.93. The van der Waals surface area contributed by atoms with E-state index < -0.39 is 0 Å². The molecule has 16 heavy (non-hydrogen) atoms. The predicted molar refractivity (Wildman–Crippen MR) is 63.4 cm³/mol. The molecule has 0 amide bonds. The lowest BCUT2D eigenvalue weighted by molar-refractivity contribution is 0.527. The first kappa shape index (κ1) is 11.0. The molecule has 0 unspecified atom stereocenters. The highest BCUT2D eigenvalue weighted by Crippen LogP contribution is 2.30. The van der Waals surface area contributed by atoms with Crippen molar-refractivity contribution in [2.45, 2.75) is 30.2 Å². The van der Waals surface area contributed by atoms with Crippen LogP contribution in [0.4, 0.5) is 5.82 Å². The van der Waals surface area contributed by atoms with Crippen LogP contribution in [-0.4, -0.2) is 9.97 Å². The first-order valence-electron chi connectivity index (χ1n) is 5.04. The van der Waals surface area contributed by atoms with Crippen molar-refractivity contribution in [3.63, 3.8) is 0 Å². The van der Waals surface area contributed by atoms with Gasteiger partial charge in [0.2, 0.25) is 0 Å². The normalized spacial score (nSPS) is 10.6. The van der Waals surface area contributed by atoms with Gasteiger partial charge in [0.05, 0.1) is 11.2 Å². The molecular formula is C11H13N3OS. The van der Waals surface area contributed by atoms with E-state index in [0.29, 0.717) is 5.82 Å². The van der Waals surface area contributed by atoms with E-state index in [2.05, 4.69) is 9.97 Å². The third-order valence-electron chi connectivity index (χ3n) is 2.11. The van der Waals surface area contributed by atoms with Gasteiger partial charge < -0.3 is 10.2 Å². The number of aryl methyl sites for hydroxylation is 2. The molecule has 4 nitrogen and oxygen atoms in total. The summed E-state index contributed by atoms with van der Waals surface area (Å²) in [5.74, 6) is 2.17. The van der Waals surface area contributed by atoms with Gasteiger partial charge in [0.15, 0.2) is 0 Å². The van der Waals surface area contributed by atoms with E-state index in [0.717, 1.165) is 27.9 Å². The van der Waals surface area contributed by atoms with Gasteiger partial charge in [0, 0.05) is 12.5 Å². The summed E-state index contributed by atoms with van der Waals surface area (Å²) in [4.78, 5) is 9.59. The number of aromatic nitrogens is 2. The number of rotatable bonds is 3. The van der Waals surface area contributed by atoms with Gasteiger partial charge >= 0.3 is 0 Å². The van der Waals surface area contributed by atoms with Gasteiger partial charge in [-0.3, -0.25) is 0 Å². The third kappa shape index (κ3) is 2.36. The standard InChI is InChI=1S/C11H13N3OS/c1-3-10-13-9(12)6-11(14-10)16-8-4-5-15-7(8)2/h4-6H,3H2,1-2H3,(H2,12,13,14). The summed E-state index contributed by atoms with van der Waals surface area (Å²) in [5, 5.41) is 0.855. The van der Waals surface area contributed by atoms with E-state index in [9.17, 15) is 0 Å². The quantitative estimate of drug-likeness (QED) is 0.828. The Morgan fingerprint density at radius 2 is 2.25 bits per heavy atom. The monoisotopic (exact) mass is 235 g/mol. The first-order chi connectivity index (χ1) is 7.69. The van der Waals surface area contributed by atoms with Crippen molar-refractivity contribution < 1.29 is 4.42 Å². The summed E-state index contributed by atoms with van der Waals surface area (Å²) in [6.07, 6.45) is 2.45. The highest BCUT2D eigenvalue weighted by Gasteiger charge is 2.07. The number of anilines is 1. The number of hydrogen-bond donors (Lipinski definition) is 1. The van der Waals surface area contributed by atoms with Gasteiger partial charge in [-0.1, -0.05) is 18.7 Å². The Labute approximate surface area is 98.3 Å². The van der Waals surface area contributed by atoms with Gasteiger partial charge in [0.25, 0.3) is 0 Å². The van der Waals surface area contributed by atoms with Gasteiger partial charge in [0.1, 0.15) is 22.4 Å². The van der Waals surface area contributed by atoms with Crippen LogP contribution in [0.15, 0.2) is 32.7 Å². The second-order valence-corrected chi connectivity index (χ2v) is 4.41. The van der Waals surface area contributed by atoms with Crippen LogP contribution in [0.2, 0.25) is 0 Å². The molecule has 0 bridgehead atoms. The average Bonchev–Trinajstić information content (AvgIpc) is 2.63. The Morgan fingerprint density at radius 1 is 1.44 bits per heavy atom. The summed E-state index contributed by atoms with van der Waals surface area (Å²) < 4.78 is 5.23. The molecule has 0 fully saturated rings. The van der Waals surface area contributed by atoms with E-state index >= 15 is 0 Å². The maximum Gasteiger partial charge on any atom is 0.131 e. The zero-order chi connectivity index (χ0) is 11.5. The van der Waals surface area contributed by atoms with E-state index in [1.54, 1.807) is 12.3 Å². The number of hydrogen-bond acceptors (Lipinski definition) is 5. The van der Waals surface area contributed by atoms with Crippen LogP contribution in [-0.2, 0) is 6.42 Å². The van der Waals surface area contributed by atoms with Crippen molar-refractivity contribution in [1.82, 2.24) is 9.97 Å². The van der Waals surface area contributed by atoms with E-state index in [-0.39, 0.29) is 0 Å². The minimum absolute atomic E-state index is 0.510. The lowest BCUT2D eigenvalue weighted by Crippen LogP contribution is -1.99. The smallest absolute Gasteiger partial charge is 0.131 e. The molecule has 0 radical (unpaired) electrons. The number of nitrogens with two attached hydrogens (primary N) is 1. The fraction of sp³-hybridized carbons (Fsp3) is 0.273. The first-order valence-corrected chi connectivity index (χ1v) is 5.86. The molecule has 0 aliphatic heterocycles. The Bertz CT molecular complexity index is 496. The van der Waals surface area contributed by atoms with Gasteiger partial charge in [-0.05, 0) is 13.0 Å². The maximum absolute atomic E-state index is 5.71. The summed E-state index contributed by atoms with van der Waals surface area (Å²) in [6, 6.07) is 3.69. The van der Waals surface area contributed by atoms with Crippen LogP contribution in [0, 0.1) is 6.92 Å². The van der Waals surface area contributed by atoms with Crippen LogP contribution in [0.1, 0.15) is 18.5 Å². The lowest BCUT2D eigenvalue weighted by Gasteiger charge is -2.03. The van der Waals surface area contributed by atoms with Gasteiger partial charge in [-0.25, -0.2) is 9.97 Å². The predicted octanol–water partition coefficient (Wildman–Crippen LogP) is 2.67. The average molecular weight is 235 g/mol. The molecule has 0 aromatic carbocycles. The molecule has 0 atom stereocenters. The number of nitrogen functional groups attached to an aromatic ring is 1. The summed E-state index contributed by atoms with van der Waals surface area (Å²) in [5.41, 5.74) is 5.71. The highest BCUT2D eigenvalue weighted by molar-refractivity contribution is 7.99. The molecule has 0 saturated carbocycles. The minimum Gasteiger partial charge on any atom is -0.468 e. The van der Waals surface area contributed by atoms with Crippen LogP contribution in [0.25, 0.3) is 0 Å². The van der Waals surface area contributed by atoms with Gasteiger partial charge in [-0.2, -0.15) is 0 Å². The van der Waals surface area contributed by atoms with Crippen molar-refractivity contribution >= 4 is 17.6 Å². The second-order valence-electron chi connectivity index (χ2n) is 3.34. The zero-order valence-corrected chi connectivity index (χ0v) is 10.0. The minimum atomic E-state index is 0.510. The van der Waals surface area contributed by atoms with Crippen LogP contribution < -0.4 is 5.73 Å². The molecule has 0 saturated heterocycles. The van der Waals surface area contributed by atoms with Crippen LogP contribution >= 0.6 is 11.8 Å². The molecule has 0 aliphatic rings. The van der Waals surface area contributed by atoms with Crippen LogP contribution in [0.5, 0.6) is 0 Å². The summed E-state index contributed by atoms with van der Waals surface area (Å²) in [7, 11) is 0. The molecule has 2 heterocycles. The van der Waals surface area contributed by atoms with Crippen molar-refractivity contribution in [3.05, 3.63) is 30.0 Å². The molecule has 0 aliphatic carbocycles. The Hall–Kier alpha value is -1.49. The molecule has 84 valence electrons. The molecular weight excluding hydrogens is 222 g/mol. The topological polar surface area (TPSA) is 64.9 Å². The Kier molecular flexibility index (Phi) is 3.14. The molecule has 5 heteroatoms. The van der Waals surface area contributed by atoms with Crippen molar-refractivity contribution in [2.24, 2.45) is 0 Å². The maximum atomic E-state index is 5.71. The fourth-order valence-electron chi connectivity index (χ4n) is 1.29. The SMILES string of the molecule is CCc1nc(N)cc(Sc2ccoc2C)n1. The molecule has 2 rings (SSSR count). The third-order valence-corrected chi connectivity index (χ3v) is 3.17. The Morgan fingerprint density at radius 3 is 2.88 bits per heavy atom. The zero-order valence-electron chi connectivity index (χ0n) is 9.23. The largest absolute Gasteiger partial charge is 0.468 e. The fourth-order valence-corrected chi connectivity index (χ4v) is 2.17.